The number of terminal acetylenes is 1. The van der Waals surface area contributed by atoms with Gasteiger partial charge in [-0.3, -0.25) is 0 Å². The molecule has 1 aromatic heterocycles. The van der Waals surface area contributed by atoms with Crippen LogP contribution in [0.15, 0.2) is 18.2 Å². The van der Waals surface area contributed by atoms with Crippen molar-refractivity contribution in [3.63, 3.8) is 0 Å². The predicted molar refractivity (Wildman–Crippen MR) is 97.9 cm³/mol. The Morgan fingerprint density at radius 2 is 2.04 bits per heavy atom. The van der Waals surface area contributed by atoms with Gasteiger partial charge in [0, 0.05) is 29.6 Å². The highest BCUT2D eigenvalue weighted by Gasteiger charge is 2.20. The zero-order valence-corrected chi connectivity index (χ0v) is 14.9. The molecule has 1 saturated heterocycles. The Kier molecular flexibility index (Phi) is 5.30. The lowest BCUT2D eigenvalue weighted by molar-refractivity contribution is 0.101. The number of carbonyl (C=O) groups is 1. The van der Waals surface area contributed by atoms with Crippen molar-refractivity contribution in [3.05, 3.63) is 29.3 Å². The Hall–Kier alpha value is -2.45. The Bertz CT molecular complexity index is 810. The summed E-state index contributed by atoms with van der Waals surface area (Å²) in [5.41, 5.74) is 2.74. The number of aromatic nitrogens is 1. The molecule has 0 atom stereocenters. The van der Waals surface area contributed by atoms with Gasteiger partial charge in [-0.25, -0.2) is 4.79 Å². The highest BCUT2D eigenvalue weighted by molar-refractivity contribution is 5.88. The maximum atomic E-state index is 11.9. The van der Waals surface area contributed by atoms with Crippen LogP contribution in [0.2, 0.25) is 0 Å². The van der Waals surface area contributed by atoms with Crippen LogP contribution in [0.25, 0.3) is 10.9 Å². The Morgan fingerprint density at radius 1 is 1.28 bits per heavy atom. The van der Waals surface area contributed by atoms with E-state index >= 15 is 0 Å². The minimum absolute atomic E-state index is 0.285. The number of rotatable bonds is 5. The topological polar surface area (TPSA) is 43.7 Å². The molecule has 0 aliphatic carbocycles. The van der Waals surface area contributed by atoms with Crippen LogP contribution in [-0.2, 0) is 11.3 Å². The summed E-state index contributed by atoms with van der Waals surface area (Å²) in [6.45, 7) is 7.95. The molecule has 132 valence electrons. The van der Waals surface area contributed by atoms with Crippen molar-refractivity contribution < 1.29 is 14.3 Å². The van der Waals surface area contributed by atoms with Crippen molar-refractivity contribution in [2.75, 3.05) is 26.2 Å². The van der Waals surface area contributed by atoms with Gasteiger partial charge >= 0.3 is 6.16 Å². The first-order valence-electron chi connectivity index (χ1n) is 8.80. The van der Waals surface area contributed by atoms with E-state index in [-0.39, 0.29) is 6.61 Å². The molecule has 0 unspecified atom stereocenters. The zero-order chi connectivity index (χ0) is 17.8. The lowest BCUT2D eigenvalue weighted by atomic mass is 10.1. The Balaban J connectivity index is 1.97. The van der Waals surface area contributed by atoms with Crippen molar-refractivity contribution >= 4 is 17.1 Å². The molecule has 2 aromatic rings. The van der Waals surface area contributed by atoms with E-state index in [0.29, 0.717) is 5.88 Å². The molecule has 1 aliphatic heterocycles. The lowest BCUT2D eigenvalue weighted by Gasteiger charge is -2.17. The van der Waals surface area contributed by atoms with E-state index in [1.165, 1.54) is 12.8 Å². The monoisotopic (exact) mass is 340 g/mol. The molecule has 0 radical (unpaired) electrons. The minimum atomic E-state index is -0.673. The van der Waals surface area contributed by atoms with Gasteiger partial charge in [0.15, 0.2) is 0 Å². The van der Waals surface area contributed by atoms with Crippen LogP contribution in [0.1, 0.15) is 30.9 Å². The maximum Gasteiger partial charge on any atom is 0.515 e. The van der Waals surface area contributed by atoms with E-state index in [1.807, 2.05) is 25.1 Å². The molecule has 0 bridgehead atoms. The third-order valence-corrected chi connectivity index (χ3v) is 4.70. The summed E-state index contributed by atoms with van der Waals surface area (Å²) in [7, 11) is 0. The van der Waals surface area contributed by atoms with E-state index in [9.17, 15) is 4.79 Å². The van der Waals surface area contributed by atoms with Gasteiger partial charge in [0.25, 0.3) is 0 Å². The minimum Gasteiger partial charge on any atom is -0.434 e. The van der Waals surface area contributed by atoms with Crippen molar-refractivity contribution in [1.82, 2.24) is 9.47 Å². The van der Waals surface area contributed by atoms with Crippen LogP contribution in [0.4, 0.5) is 4.79 Å². The second-order valence-corrected chi connectivity index (χ2v) is 6.29. The number of nitrogens with zero attached hydrogens (tertiary/aromatic N) is 2. The van der Waals surface area contributed by atoms with E-state index < -0.39 is 6.16 Å². The average Bonchev–Trinajstić information content (AvgIpc) is 3.21. The lowest BCUT2D eigenvalue weighted by Crippen LogP contribution is -2.24. The van der Waals surface area contributed by atoms with Gasteiger partial charge in [0.1, 0.15) is 0 Å². The number of aryl methyl sites for hydroxylation is 1. The maximum absolute atomic E-state index is 11.9. The SMILES string of the molecule is C#Cc1ccc2c(c1)c(C)c(OC(=O)OCC)n2CCN1CCCC1. The van der Waals surface area contributed by atoms with Crippen molar-refractivity contribution in [2.24, 2.45) is 0 Å². The second kappa shape index (κ2) is 7.62. The molecule has 3 rings (SSSR count). The standard InChI is InChI=1S/C20H24N2O3/c1-4-16-8-9-18-17(14-16)15(3)19(25-20(23)24-5-2)22(18)13-12-21-10-6-7-11-21/h1,8-9,14H,5-7,10-13H2,2-3H3. The summed E-state index contributed by atoms with van der Waals surface area (Å²) in [6.07, 6.45) is 7.36. The van der Waals surface area contributed by atoms with Gasteiger partial charge in [-0.05, 0) is 58.0 Å². The molecule has 0 amide bonds. The molecule has 1 aliphatic rings. The number of carbonyl (C=O) groups excluding carboxylic acids is 1. The number of hydrogen-bond acceptors (Lipinski definition) is 4. The molecule has 0 saturated carbocycles. The number of fused-ring (bicyclic) bond motifs is 1. The van der Waals surface area contributed by atoms with E-state index in [4.69, 9.17) is 15.9 Å². The second-order valence-electron chi connectivity index (χ2n) is 6.29. The fourth-order valence-electron chi connectivity index (χ4n) is 3.42. The molecule has 1 aromatic carbocycles. The third-order valence-electron chi connectivity index (χ3n) is 4.70. The zero-order valence-electron chi connectivity index (χ0n) is 14.9. The van der Waals surface area contributed by atoms with Crippen LogP contribution in [0, 0.1) is 19.3 Å². The summed E-state index contributed by atoms with van der Waals surface area (Å²) >= 11 is 0. The number of likely N-dealkylation sites (tertiary alicyclic amines) is 1. The van der Waals surface area contributed by atoms with Crippen molar-refractivity contribution in [1.29, 1.82) is 0 Å². The molecule has 25 heavy (non-hydrogen) atoms. The average molecular weight is 340 g/mol. The highest BCUT2D eigenvalue weighted by Crippen LogP contribution is 2.32. The van der Waals surface area contributed by atoms with E-state index in [2.05, 4.69) is 15.4 Å². The quantitative estimate of drug-likeness (QED) is 0.617. The van der Waals surface area contributed by atoms with Gasteiger partial charge < -0.3 is 18.9 Å². The fourth-order valence-corrected chi connectivity index (χ4v) is 3.42. The first-order chi connectivity index (χ1) is 12.1. The summed E-state index contributed by atoms with van der Waals surface area (Å²) in [5.74, 6) is 3.21. The molecular formula is C20H24N2O3. The predicted octanol–water partition coefficient (Wildman–Crippen LogP) is 3.56. The van der Waals surface area contributed by atoms with Gasteiger partial charge in [0.2, 0.25) is 5.88 Å². The van der Waals surface area contributed by atoms with Crippen LogP contribution in [0.3, 0.4) is 0 Å². The molecule has 2 heterocycles. The summed E-state index contributed by atoms with van der Waals surface area (Å²) in [4.78, 5) is 14.3. The van der Waals surface area contributed by atoms with Gasteiger partial charge in [-0.2, -0.15) is 0 Å². The van der Waals surface area contributed by atoms with Crippen molar-refractivity contribution in [2.45, 2.75) is 33.2 Å². The number of benzene rings is 1. The van der Waals surface area contributed by atoms with Crippen LogP contribution < -0.4 is 4.74 Å². The van der Waals surface area contributed by atoms with Gasteiger partial charge in [0.05, 0.1) is 12.1 Å². The van der Waals surface area contributed by atoms with E-state index in [0.717, 1.165) is 48.2 Å². The fraction of sp³-hybridized carbons (Fsp3) is 0.450. The number of ether oxygens (including phenoxy) is 2. The first-order valence-corrected chi connectivity index (χ1v) is 8.80. The van der Waals surface area contributed by atoms with Crippen LogP contribution >= 0.6 is 0 Å². The molecule has 0 N–H and O–H groups in total. The molecular weight excluding hydrogens is 316 g/mol. The molecule has 5 heteroatoms. The molecule has 1 fully saturated rings. The Morgan fingerprint density at radius 3 is 2.72 bits per heavy atom. The summed E-state index contributed by atoms with van der Waals surface area (Å²) in [6, 6.07) is 5.89. The van der Waals surface area contributed by atoms with Crippen LogP contribution in [-0.4, -0.2) is 41.9 Å². The Labute approximate surface area is 148 Å². The smallest absolute Gasteiger partial charge is 0.434 e. The molecule has 0 spiro atoms. The van der Waals surface area contributed by atoms with Gasteiger partial charge in [-0.1, -0.05) is 5.92 Å². The number of hydrogen-bond donors (Lipinski definition) is 0. The van der Waals surface area contributed by atoms with E-state index in [1.54, 1.807) is 6.92 Å². The normalized spacial score (nSPS) is 14.6. The first kappa shape index (κ1) is 17.4. The largest absolute Gasteiger partial charge is 0.515 e. The van der Waals surface area contributed by atoms with Gasteiger partial charge in [-0.15, -0.1) is 6.42 Å². The van der Waals surface area contributed by atoms with Crippen LogP contribution in [0.5, 0.6) is 5.88 Å². The third kappa shape index (κ3) is 3.64. The summed E-state index contributed by atoms with van der Waals surface area (Å²) < 4.78 is 12.5. The van der Waals surface area contributed by atoms with Crippen molar-refractivity contribution in [3.8, 4) is 18.2 Å². The highest BCUT2D eigenvalue weighted by atomic mass is 16.7. The molecule has 5 nitrogen and oxygen atoms in total. The summed E-state index contributed by atoms with van der Waals surface area (Å²) in [5, 5.41) is 1.01.